The van der Waals surface area contributed by atoms with Crippen molar-refractivity contribution in [2.24, 2.45) is 0 Å². The molecule has 5 rings (SSSR count). The van der Waals surface area contributed by atoms with E-state index >= 15 is 0 Å². The molecule has 6 atom stereocenters. The number of rotatable bonds is 10. The number of ketones is 1. The molecule has 1 aliphatic carbocycles. The number of benzene rings is 3. The first-order chi connectivity index (χ1) is 21.6. The van der Waals surface area contributed by atoms with Crippen LogP contribution in [0.1, 0.15) is 82.0 Å². The van der Waals surface area contributed by atoms with E-state index in [2.05, 4.69) is 10.2 Å². The molecule has 0 saturated heterocycles. The fourth-order valence-electron chi connectivity index (χ4n) is 6.38. The molecular formula is C33H35Cl2N3O6S. The molecule has 2 amide bonds. The maximum atomic E-state index is 14.4. The first-order valence-electron chi connectivity index (χ1n) is 14.8. The van der Waals surface area contributed by atoms with E-state index in [1.165, 1.54) is 6.92 Å². The Hall–Kier alpha value is -2.96. The molecule has 12 heteroatoms. The zero-order chi connectivity index (χ0) is 32.2. The first-order valence-corrected chi connectivity index (χ1v) is 17.1. The molecule has 238 valence electrons. The molecule has 3 aromatic rings. The highest BCUT2D eigenvalue weighted by molar-refractivity contribution is 7.88. The summed E-state index contributed by atoms with van der Waals surface area (Å²) in [4.78, 5) is 48.2. The number of hydrogen-bond acceptors (Lipinski definition) is 7. The highest BCUT2D eigenvalue weighted by Gasteiger charge is 2.49. The van der Waals surface area contributed by atoms with Gasteiger partial charge >= 0.3 is 0 Å². The van der Waals surface area contributed by atoms with Gasteiger partial charge in [0.15, 0.2) is 5.78 Å². The molecule has 45 heavy (non-hydrogen) atoms. The van der Waals surface area contributed by atoms with Crippen molar-refractivity contribution >= 4 is 52.2 Å². The third-order valence-corrected chi connectivity index (χ3v) is 9.54. The van der Waals surface area contributed by atoms with Crippen LogP contribution in [0.25, 0.3) is 0 Å². The second kappa shape index (κ2) is 14.6. The maximum absolute atomic E-state index is 14.4. The molecule has 2 unspecified atom stereocenters. The van der Waals surface area contributed by atoms with Crippen LogP contribution in [0.15, 0.2) is 66.7 Å². The maximum Gasteiger partial charge on any atom is 0.255 e. The molecule has 9 nitrogen and oxygen atoms in total. The third-order valence-electron chi connectivity index (χ3n) is 8.35. The standard InChI is InChI=1S/C33H35Cl2N3O6S/c1-19(39)31(40)21-9-7-8-20(16-21)18-44-36-32(41)29-23-10-3-4-11-24(23)33(42)38(28-13-6-5-12-27(28)37-45(2)43)30(29)25-15-14-22(34)17-26(25)35/h3-4,7-11,14-17,19,27-30,37,39H,5-6,12-13,18H2,1-2H3,(H,36,41)/t19?,27-,28-,29-,30+,45?/m1/s1. The number of aliphatic hydroxyl groups is 1. The van der Waals surface area contributed by atoms with Crippen LogP contribution in [0.4, 0.5) is 0 Å². The molecule has 0 aromatic heterocycles. The van der Waals surface area contributed by atoms with Gasteiger partial charge in [0.1, 0.15) is 12.4 Å². The zero-order valence-corrected chi connectivity index (χ0v) is 27.2. The Kier molecular flexibility index (Phi) is 10.9. The smallest absolute Gasteiger partial charge is 0.255 e. The van der Waals surface area contributed by atoms with Gasteiger partial charge in [-0.1, -0.05) is 78.5 Å². The van der Waals surface area contributed by atoms with E-state index < -0.39 is 41.1 Å². The van der Waals surface area contributed by atoms with Gasteiger partial charge in [-0.2, -0.15) is 0 Å². The van der Waals surface area contributed by atoms with Gasteiger partial charge in [0.05, 0.1) is 30.7 Å². The Labute approximate surface area is 275 Å². The van der Waals surface area contributed by atoms with E-state index in [0.717, 1.165) is 12.8 Å². The molecule has 1 aliphatic heterocycles. The number of aliphatic hydroxyl groups excluding tert-OH is 1. The first kappa shape index (κ1) is 33.4. The van der Waals surface area contributed by atoms with Crippen LogP contribution in [0.5, 0.6) is 0 Å². The lowest BCUT2D eigenvalue weighted by Gasteiger charge is -2.48. The lowest BCUT2D eigenvalue weighted by atomic mass is 9.76. The Balaban J connectivity index is 1.52. The number of nitrogens with one attached hydrogen (secondary N) is 2. The predicted molar refractivity (Wildman–Crippen MR) is 173 cm³/mol. The van der Waals surface area contributed by atoms with E-state index in [9.17, 15) is 24.0 Å². The largest absolute Gasteiger partial charge is 0.598 e. The van der Waals surface area contributed by atoms with Crippen LogP contribution in [0.3, 0.4) is 0 Å². The van der Waals surface area contributed by atoms with Gasteiger partial charge < -0.3 is 14.6 Å². The van der Waals surface area contributed by atoms with Crippen LogP contribution < -0.4 is 10.2 Å². The Bertz CT molecular complexity index is 1570. The summed E-state index contributed by atoms with van der Waals surface area (Å²) < 4.78 is 15.5. The van der Waals surface area contributed by atoms with Crippen molar-refractivity contribution in [2.45, 2.75) is 69.4 Å². The summed E-state index contributed by atoms with van der Waals surface area (Å²) in [5, 5.41) is 10.4. The predicted octanol–water partition coefficient (Wildman–Crippen LogP) is 5.28. The molecule has 0 radical (unpaired) electrons. The Morgan fingerprint density at radius 3 is 2.56 bits per heavy atom. The summed E-state index contributed by atoms with van der Waals surface area (Å²) in [5.41, 5.74) is 5.00. The Morgan fingerprint density at radius 1 is 1.07 bits per heavy atom. The van der Waals surface area contributed by atoms with Crippen molar-refractivity contribution in [1.29, 1.82) is 0 Å². The SMILES string of the molecule is CC(O)C(=O)c1cccc(CONC(=O)[C@@H]2c3ccccc3C(=O)N([C@@H]3CCCC[C@H]3N[S+](C)[O-])[C@H]2c2ccc(Cl)cc2Cl)c1. The van der Waals surface area contributed by atoms with Crippen LogP contribution in [-0.4, -0.2) is 56.6 Å². The molecule has 0 bridgehead atoms. The van der Waals surface area contributed by atoms with Crippen molar-refractivity contribution in [1.82, 2.24) is 15.1 Å². The minimum atomic E-state index is -1.32. The number of fused-ring (bicyclic) bond motifs is 1. The molecule has 1 fully saturated rings. The fourth-order valence-corrected chi connectivity index (χ4v) is 7.60. The quantitative estimate of drug-likeness (QED) is 0.152. The second-order valence-corrected chi connectivity index (χ2v) is 13.4. The molecule has 1 heterocycles. The van der Waals surface area contributed by atoms with Crippen LogP contribution in [0.2, 0.25) is 10.0 Å². The average Bonchev–Trinajstić information content (AvgIpc) is 3.01. The molecular weight excluding hydrogens is 637 g/mol. The van der Waals surface area contributed by atoms with E-state index in [4.69, 9.17) is 28.0 Å². The highest BCUT2D eigenvalue weighted by Crippen LogP contribution is 2.47. The zero-order valence-electron chi connectivity index (χ0n) is 24.9. The number of amides is 2. The van der Waals surface area contributed by atoms with Crippen molar-refractivity contribution in [3.05, 3.63) is 105 Å². The normalized spacial score (nSPS) is 22.8. The lowest BCUT2D eigenvalue weighted by molar-refractivity contribution is -0.138. The number of hydroxylamine groups is 1. The second-order valence-electron chi connectivity index (χ2n) is 11.4. The van der Waals surface area contributed by atoms with Gasteiger partial charge in [0.25, 0.3) is 11.8 Å². The minimum Gasteiger partial charge on any atom is -0.598 e. The summed E-state index contributed by atoms with van der Waals surface area (Å²) in [6.45, 7) is 1.35. The number of carbonyl (C=O) groups is 3. The molecule has 2 aliphatic rings. The molecule has 0 spiro atoms. The lowest BCUT2D eigenvalue weighted by Crippen LogP contribution is -2.59. The van der Waals surface area contributed by atoms with Gasteiger partial charge in [-0.25, -0.2) is 5.48 Å². The van der Waals surface area contributed by atoms with E-state index in [1.54, 1.807) is 77.9 Å². The number of carbonyl (C=O) groups excluding carboxylic acids is 3. The monoisotopic (exact) mass is 671 g/mol. The number of hydrogen-bond donors (Lipinski definition) is 3. The highest BCUT2D eigenvalue weighted by atomic mass is 35.5. The number of nitrogens with zero attached hydrogens (tertiary/aromatic N) is 1. The van der Waals surface area contributed by atoms with Crippen LogP contribution in [-0.2, 0) is 27.6 Å². The summed E-state index contributed by atoms with van der Waals surface area (Å²) in [7, 11) is 0. The fraction of sp³-hybridized carbons (Fsp3) is 0.364. The van der Waals surface area contributed by atoms with E-state index in [-0.39, 0.29) is 24.6 Å². The number of halogens is 2. The molecule has 1 saturated carbocycles. The van der Waals surface area contributed by atoms with Gasteiger partial charge in [0, 0.05) is 32.5 Å². The Morgan fingerprint density at radius 2 is 1.82 bits per heavy atom. The topological polar surface area (TPSA) is 131 Å². The van der Waals surface area contributed by atoms with Crippen molar-refractivity contribution < 1.29 is 28.9 Å². The van der Waals surface area contributed by atoms with E-state index in [1.807, 2.05) is 0 Å². The van der Waals surface area contributed by atoms with Gasteiger partial charge in [-0.15, -0.1) is 4.72 Å². The summed E-state index contributed by atoms with van der Waals surface area (Å²) in [6, 6.07) is 17.2. The van der Waals surface area contributed by atoms with Crippen LogP contribution >= 0.6 is 23.2 Å². The summed E-state index contributed by atoms with van der Waals surface area (Å²) in [6.07, 6.45) is 3.56. The van der Waals surface area contributed by atoms with Crippen LogP contribution in [0, 0.1) is 0 Å². The third kappa shape index (κ3) is 7.38. The van der Waals surface area contributed by atoms with Gasteiger partial charge in [-0.05, 0) is 60.7 Å². The minimum absolute atomic E-state index is 0.0486. The average molecular weight is 673 g/mol. The summed E-state index contributed by atoms with van der Waals surface area (Å²) in [5.74, 6) is -2.08. The van der Waals surface area contributed by atoms with Gasteiger partial charge in [0.2, 0.25) is 0 Å². The number of Topliss-reactive ketones (excluding diaryl/α,β-unsaturated/α-hetero) is 1. The molecule has 3 N–H and O–H groups in total. The summed E-state index contributed by atoms with van der Waals surface area (Å²) >= 11 is 11.7. The van der Waals surface area contributed by atoms with Crippen molar-refractivity contribution in [3.8, 4) is 0 Å². The van der Waals surface area contributed by atoms with Gasteiger partial charge in [-0.3, -0.25) is 19.2 Å². The molecule has 3 aromatic carbocycles. The van der Waals surface area contributed by atoms with E-state index in [0.29, 0.717) is 50.7 Å². The van der Waals surface area contributed by atoms with Crippen molar-refractivity contribution in [2.75, 3.05) is 6.26 Å². The van der Waals surface area contributed by atoms with Crippen molar-refractivity contribution in [3.63, 3.8) is 0 Å².